The lowest BCUT2D eigenvalue weighted by molar-refractivity contribution is 0.102. The number of aromatic nitrogens is 1. The first kappa shape index (κ1) is 14.2. The number of hydrogen-bond acceptors (Lipinski definition) is 4. The predicted molar refractivity (Wildman–Crippen MR) is 90.7 cm³/mol. The number of amides is 1. The summed E-state index contributed by atoms with van der Waals surface area (Å²) in [5.74, 6) is -0.0772. The van der Waals surface area contributed by atoms with Crippen LogP contribution in [0.3, 0.4) is 0 Å². The summed E-state index contributed by atoms with van der Waals surface area (Å²) in [7, 11) is 0. The fourth-order valence-corrected chi connectivity index (χ4v) is 4.11. The standard InChI is InChI=1S/C16H16N2OS2/c1-4-11-5-6-13-14(8-11)21-16(17-13)18-15(19)12-7-9(2)20-10(12)3/h5-8H,4H2,1-3H3,(H,17,18,19). The first-order chi connectivity index (χ1) is 10.1. The summed E-state index contributed by atoms with van der Waals surface area (Å²) in [6.07, 6.45) is 1.00. The number of benzene rings is 1. The Balaban J connectivity index is 1.87. The second-order valence-electron chi connectivity index (χ2n) is 4.96. The molecule has 0 aliphatic heterocycles. The van der Waals surface area contributed by atoms with Crippen molar-refractivity contribution in [1.29, 1.82) is 0 Å². The van der Waals surface area contributed by atoms with E-state index >= 15 is 0 Å². The van der Waals surface area contributed by atoms with Gasteiger partial charge < -0.3 is 0 Å². The molecule has 21 heavy (non-hydrogen) atoms. The number of carbonyl (C=O) groups excluding carboxylic acids is 1. The molecule has 5 heteroatoms. The van der Waals surface area contributed by atoms with E-state index in [2.05, 4.69) is 29.4 Å². The van der Waals surface area contributed by atoms with Gasteiger partial charge in [0.05, 0.1) is 15.8 Å². The summed E-state index contributed by atoms with van der Waals surface area (Å²) in [5.41, 5.74) is 2.96. The minimum atomic E-state index is -0.0772. The number of fused-ring (bicyclic) bond motifs is 1. The monoisotopic (exact) mass is 316 g/mol. The zero-order chi connectivity index (χ0) is 15.0. The number of thiophene rings is 1. The van der Waals surface area contributed by atoms with E-state index in [1.807, 2.05) is 26.0 Å². The molecule has 0 spiro atoms. The number of rotatable bonds is 3. The highest BCUT2D eigenvalue weighted by atomic mass is 32.1. The minimum Gasteiger partial charge on any atom is -0.298 e. The Morgan fingerprint density at radius 2 is 2.05 bits per heavy atom. The Kier molecular flexibility index (Phi) is 3.78. The Bertz CT molecular complexity index is 817. The third kappa shape index (κ3) is 2.84. The van der Waals surface area contributed by atoms with Gasteiger partial charge in [-0.25, -0.2) is 4.98 Å². The Morgan fingerprint density at radius 1 is 1.24 bits per heavy atom. The topological polar surface area (TPSA) is 42.0 Å². The van der Waals surface area contributed by atoms with Crippen LogP contribution in [0.25, 0.3) is 10.2 Å². The molecular formula is C16H16N2OS2. The average molecular weight is 316 g/mol. The van der Waals surface area contributed by atoms with Gasteiger partial charge >= 0.3 is 0 Å². The molecule has 3 aromatic rings. The van der Waals surface area contributed by atoms with Crippen LogP contribution in [0, 0.1) is 13.8 Å². The largest absolute Gasteiger partial charge is 0.298 e. The highest BCUT2D eigenvalue weighted by molar-refractivity contribution is 7.22. The van der Waals surface area contributed by atoms with Gasteiger partial charge in [-0.3, -0.25) is 10.1 Å². The normalized spacial score (nSPS) is 11.0. The first-order valence-corrected chi connectivity index (χ1v) is 8.48. The first-order valence-electron chi connectivity index (χ1n) is 6.84. The van der Waals surface area contributed by atoms with E-state index < -0.39 is 0 Å². The van der Waals surface area contributed by atoms with Crippen molar-refractivity contribution in [3.63, 3.8) is 0 Å². The van der Waals surface area contributed by atoms with Crippen molar-refractivity contribution in [2.75, 3.05) is 5.32 Å². The van der Waals surface area contributed by atoms with Crippen LogP contribution in [0.4, 0.5) is 5.13 Å². The van der Waals surface area contributed by atoms with Gasteiger partial charge in [-0.1, -0.05) is 24.3 Å². The number of anilines is 1. The molecule has 0 saturated heterocycles. The molecule has 0 bridgehead atoms. The molecule has 0 radical (unpaired) electrons. The second kappa shape index (κ2) is 5.58. The summed E-state index contributed by atoms with van der Waals surface area (Å²) >= 11 is 3.16. The highest BCUT2D eigenvalue weighted by Crippen LogP contribution is 2.28. The lowest BCUT2D eigenvalue weighted by Crippen LogP contribution is -2.11. The van der Waals surface area contributed by atoms with Crippen molar-refractivity contribution in [1.82, 2.24) is 4.98 Å². The van der Waals surface area contributed by atoms with Crippen LogP contribution in [0.5, 0.6) is 0 Å². The highest BCUT2D eigenvalue weighted by Gasteiger charge is 2.14. The fourth-order valence-electron chi connectivity index (χ4n) is 2.26. The van der Waals surface area contributed by atoms with Crippen LogP contribution >= 0.6 is 22.7 Å². The lowest BCUT2D eigenvalue weighted by Gasteiger charge is -1.99. The van der Waals surface area contributed by atoms with Crippen molar-refractivity contribution < 1.29 is 4.79 Å². The zero-order valence-corrected chi connectivity index (χ0v) is 13.8. The molecule has 0 atom stereocenters. The summed E-state index contributed by atoms with van der Waals surface area (Å²) in [6.45, 7) is 6.11. The SMILES string of the molecule is CCc1ccc2nc(NC(=O)c3cc(C)sc3C)sc2c1. The minimum absolute atomic E-state index is 0.0772. The van der Waals surface area contributed by atoms with Gasteiger partial charge in [0.1, 0.15) is 0 Å². The molecule has 0 aliphatic rings. The molecule has 1 N–H and O–H groups in total. The molecule has 0 fully saturated rings. The maximum Gasteiger partial charge on any atom is 0.258 e. The van der Waals surface area contributed by atoms with Crippen LogP contribution < -0.4 is 5.32 Å². The van der Waals surface area contributed by atoms with Crippen molar-refractivity contribution in [2.24, 2.45) is 0 Å². The summed E-state index contributed by atoms with van der Waals surface area (Å²) < 4.78 is 1.11. The summed E-state index contributed by atoms with van der Waals surface area (Å²) in [4.78, 5) is 19.0. The Labute approximate surface area is 131 Å². The van der Waals surface area contributed by atoms with Gasteiger partial charge in [-0.15, -0.1) is 11.3 Å². The van der Waals surface area contributed by atoms with Crippen molar-refractivity contribution >= 4 is 43.9 Å². The van der Waals surface area contributed by atoms with E-state index in [0.29, 0.717) is 5.13 Å². The fraction of sp³-hybridized carbons (Fsp3) is 0.250. The van der Waals surface area contributed by atoms with Crippen molar-refractivity contribution in [2.45, 2.75) is 27.2 Å². The maximum absolute atomic E-state index is 12.3. The zero-order valence-electron chi connectivity index (χ0n) is 12.2. The molecule has 3 nitrogen and oxygen atoms in total. The van der Waals surface area contributed by atoms with E-state index in [0.717, 1.165) is 32.0 Å². The van der Waals surface area contributed by atoms with E-state index in [-0.39, 0.29) is 5.91 Å². The lowest BCUT2D eigenvalue weighted by atomic mass is 10.2. The molecule has 2 aromatic heterocycles. The molecule has 0 unspecified atom stereocenters. The van der Waals surface area contributed by atoms with Gasteiger partial charge in [0.15, 0.2) is 5.13 Å². The van der Waals surface area contributed by atoms with E-state index in [1.54, 1.807) is 11.3 Å². The molecule has 3 rings (SSSR count). The quantitative estimate of drug-likeness (QED) is 0.755. The smallest absolute Gasteiger partial charge is 0.258 e. The van der Waals surface area contributed by atoms with Crippen LogP contribution in [0.2, 0.25) is 0 Å². The molecule has 0 aliphatic carbocycles. The van der Waals surface area contributed by atoms with Crippen molar-refractivity contribution in [3.05, 3.63) is 45.1 Å². The predicted octanol–water partition coefficient (Wildman–Crippen LogP) is 4.79. The average Bonchev–Trinajstić information content (AvgIpc) is 2.99. The third-order valence-electron chi connectivity index (χ3n) is 3.37. The van der Waals surface area contributed by atoms with Gasteiger partial charge in [0, 0.05) is 9.75 Å². The van der Waals surface area contributed by atoms with E-state index in [4.69, 9.17) is 0 Å². The summed E-state index contributed by atoms with van der Waals surface area (Å²) in [5, 5.41) is 3.57. The van der Waals surface area contributed by atoms with Crippen LogP contribution in [0.1, 0.15) is 32.6 Å². The maximum atomic E-state index is 12.3. The Hall–Kier alpha value is -1.72. The molecular weight excluding hydrogens is 300 g/mol. The van der Waals surface area contributed by atoms with E-state index in [9.17, 15) is 4.79 Å². The Morgan fingerprint density at radius 3 is 2.71 bits per heavy atom. The van der Waals surface area contributed by atoms with Crippen LogP contribution in [-0.4, -0.2) is 10.9 Å². The number of aryl methyl sites for hydroxylation is 3. The van der Waals surface area contributed by atoms with Gasteiger partial charge in [0.2, 0.25) is 0 Å². The number of thiazole rings is 1. The molecule has 1 aromatic carbocycles. The molecule has 2 heterocycles. The molecule has 1 amide bonds. The van der Waals surface area contributed by atoms with E-state index in [1.165, 1.54) is 16.9 Å². The number of hydrogen-bond donors (Lipinski definition) is 1. The van der Waals surface area contributed by atoms with Crippen LogP contribution in [-0.2, 0) is 6.42 Å². The number of carbonyl (C=O) groups is 1. The van der Waals surface area contributed by atoms with Gasteiger partial charge in [-0.2, -0.15) is 0 Å². The van der Waals surface area contributed by atoms with Gasteiger partial charge in [-0.05, 0) is 44.0 Å². The van der Waals surface area contributed by atoms with Gasteiger partial charge in [0.25, 0.3) is 5.91 Å². The summed E-state index contributed by atoms with van der Waals surface area (Å²) in [6, 6.07) is 8.17. The second-order valence-corrected chi connectivity index (χ2v) is 7.45. The number of nitrogens with one attached hydrogen (secondary N) is 1. The van der Waals surface area contributed by atoms with Crippen LogP contribution in [0.15, 0.2) is 24.3 Å². The molecule has 108 valence electrons. The van der Waals surface area contributed by atoms with Crippen molar-refractivity contribution in [3.8, 4) is 0 Å². The molecule has 0 saturated carbocycles. The number of nitrogens with zero attached hydrogens (tertiary/aromatic N) is 1. The third-order valence-corrected chi connectivity index (χ3v) is 5.27.